The highest BCUT2D eigenvalue weighted by Crippen LogP contribution is 2.26. The van der Waals surface area contributed by atoms with Gasteiger partial charge in [0.05, 0.1) is 21.8 Å². The number of aryl methyl sites for hydroxylation is 1. The van der Waals surface area contributed by atoms with Crippen molar-refractivity contribution in [3.63, 3.8) is 0 Å². The number of rotatable bonds is 9. The molecule has 3 aromatic rings. The first-order chi connectivity index (χ1) is 16.2. The van der Waals surface area contributed by atoms with Crippen LogP contribution in [0, 0.1) is 6.92 Å². The van der Waals surface area contributed by atoms with Crippen LogP contribution in [0.4, 0.5) is 11.4 Å². The molecule has 0 aliphatic rings. The minimum Gasteiger partial charge on any atom is -0.349 e. The summed E-state index contributed by atoms with van der Waals surface area (Å²) in [6.07, 6.45) is 1.55. The van der Waals surface area contributed by atoms with Gasteiger partial charge < -0.3 is 10.6 Å². The van der Waals surface area contributed by atoms with Crippen LogP contribution >= 0.6 is 15.9 Å². The number of para-hydroxylation sites is 1. The Morgan fingerprint density at radius 1 is 1.00 bits per heavy atom. The molecule has 0 aliphatic carbocycles. The van der Waals surface area contributed by atoms with Gasteiger partial charge in [-0.1, -0.05) is 51.8 Å². The molecule has 0 unspecified atom stereocenters. The average Bonchev–Trinajstić information content (AvgIpc) is 2.82. The second-order valence-corrected chi connectivity index (χ2v) is 10.2. The van der Waals surface area contributed by atoms with E-state index < -0.39 is 22.5 Å². The molecule has 0 bridgehead atoms. The second-order valence-electron chi connectivity index (χ2n) is 7.39. The van der Waals surface area contributed by atoms with Crippen LogP contribution in [0.2, 0.25) is 0 Å². The van der Waals surface area contributed by atoms with Crippen molar-refractivity contribution in [3.05, 3.63) is 101 Å². The van der Waals surface area contributed by atoms with Gasteiger partial charge in [-0.15, -0.1) is 6.58 Å². The van der Waals surface area contributed by atoms with Crippen molar-refractivity contribution < 1.29 is 18.0 Å². The summed E-state index contributed by atoms with van der Waals surface area (Å²) in [5, 5.41) is 5.34. The van der Waals surface area contributed by atoms with E-state index in [1.54, 1.807) is 66.7 Å². The van der Waals surface area contributed by atoms with E-state index in [-0.39, 0.29) is 28.6 Å². The van der Waals surface area contributed by atoms with E-state index in [9.17, 15) is 18.0 Å². The normalized spacial score (nSPS) is 10.9. The Balaban J connectivity index is 1.91. The summed E-state index contributed by atoms with van der Waals surface area (Å²) in [6.45, 7) is 5.21. The maximum Gasteiger partial charge on any atom is 0.264 e. The van der Waals surface area contributed by atoms with Crippen LogP contribution in [0.5, 0.6) is 0 Å². The van der Waals surface area contributed by atoms with Crippen LogP contribution in [0.3, 0.4) is 0 Å². The summed E-state index contributed by atoms with van der Waals surface area (Å²) < 4.78 is 28.8. The highest BCUT2D eigenvalue weighted by molar-refractivity contribution is 9.10. The zero-order chi connectivity index (χ0) is 24.7. The molecule has 0 aromatic heterocycles. The van der Waals surface area contributed by atoms with Crippen LogP contribution < -0.4 is 14.9 Å². The summed E-state index contributed by atoms with van der Waals surface area (Å²) in [5.74, 6) is -0.976. The van der Waals surface area contributed by atoms with E-state index in [1.165, 1.54) is 12.1 Å². The first kappa shape index (κ1) is 25.2. The van der Waals surface area contributed by atoms with E-state index in [1.807, 2.05) is 6.92 Å². The van der Waals surface area contributed by atoms with Crippen molar-refractivity contribution >= 4 is 49.1 Å². The molecule has 0 spiro atoms. The van der Waals surface area contributed by atoms with Gasteiger partial charge >= 0.3 is 0 Å². The minimum atomic E-state index is -4.04. The topological polar surface area (TPSA) is 95.6 Å². The van der Waals surface area contributed by atoms with Gasteiger partial charge in [-0.05, 0) is 55.5 Å². The third kappa shape index (κ3) is 6.12. The number of halogens is 1. The van der Waals surface area contributed by atoms with E-state index in [2.05, 4.69) is 33.1 Å². The first-order valence-corrected chi connectivity index (χ1v) is 12.6. The lowest BCUT2D eigenvalue weighted by Gasteiger charge is -2.24. The molecule has 0 saturated carbocycles. The molecule has 3 rings (SSSR count). The predicted molar refractivity (Wildman–Crippen MR) is 137 cm³/mol. The van der Waals surface area contributed by atoms with Crippen molar-refractivity contribution in [2.75, 3.05) is 22.7 Å². The fourth-order valence-electron chi connectivity index (χ4n) is 3.13. The zero-order valence-electron chi connectivity index (χ0n) is 18.5. The number of hydrogen-bond acceptors (Lipinski definition) is 4. The Morgan fingerprint density at radius 2 is 1.65 bits per heavy atom. The Bertz CT molecular complexity index is 1290. The molecule has 7 nitrogen and oxygen atoms in total. The molecule has 0 heterocycles. The lowest BCUT2D eigenvalue weighted by molar-refractivity contribution is -0.114. The number of nitrogens with one attached hydrogen (secondary N) is 2. The second kappa shape index (κ2) is 11.1. The zero-order valence-corrected chi connectivity index (χ0v) is 20.9. The minimum absolute atomic E-state index is 0.0676. The molecule has 2 N–H and O–H groups in total. The lowest BCUT2D eigenvalue weighted by Crippen LogP contribution is -2.38. The van der Waals surface area contributed by atoms with E-state index >= 15 is 0 Å². The fraction of sp³-hybridized carbons (Fsp3) is 0.120. The van der Waals surface area contributed by atoms with Gasteiger partial charge in [0.25, 0.3) is 15.9 Å². The van der Waals surface area contributed by atoms with Crippen molar-refractivity contribution in [1.29, 1.82) is 0 Å². The largest absolute Gasteiger partial charge is 0.349 e. The molecule has 0 radical (unpaired) electrons. The predicted octanol–water partition coefficient (Wildman–Crippen LogP) is 4.51. The molecular formula is C25H24BrN3O4S. The maximum absolute atomic E-state index is 13.5. The first-order valence-electron chi connectivity index (χ1n) is 10.4. The van der Waals surface area contributed by atoms with Gasteiger partial charge in [0.15, 0.2) is 0 Å². The van der Waals surface area contributed by atoms with Gasteiger partial charge in [0.1, 0.15) is 6.54 Å². The molecule has 34 heavy (non-hydrogen) atoms. The summed E-state index contributed by atoms with van der Waals surface area (Å²) >= 11 is 3.34. The highest BCUT2D eigenvalue weighted by Gasteiger charge is 2.27. The number of amides is 2. The van der Waals surface area contributed by atoms with E-state index in [0.717, 1.165) is 14.3 Å². The van der Waals surface area contributed by atoms with Gasteiger partial charge in [-0.25, -0.2) is 8.42 Å². The molecule has 0 fully saturated rings. The SMILES string of the molecule is C=CCNC(=O)c1ccccc1NC(=O)CN(c1ccc(Br)cc1)S(=O)(=O)c1ccc(C)cc1. The Morgan fingerprint density at radius 3 is 2.29 bits per heavy atom. The summed E-state index contributed by atoms with van der Waals surface area (Å²) in [5.41, 5.74) is 1.78. The van der Waals surface area contributed by atoms with E-state index in [4.69, 9.17) is 0 Å². The lowest BCUT2D eigenvalue weighted by atomic mass is 10.1. The summed E-state index contributed by atoms with van der Waals surface area (Å²) in [7, 11) is -4.04. The molecule has 0 aliphatic heterocycles. The van der Waals surface area contributed by atoms with Crippen molar-refractivity contribution in [2.24, 2.45) is 0 Å². The molecule has 9 heteroatoms. The molecule has 0 atom stereocenters. The molecular weight excluding hydrogens is 518 g/mol. The van der Waals surface area contributed by atoms with Gasteiger partial charge in [-0.2, -0.15) is 0 Å². The number of hydrogen-bond donors (Lipinski definition) is 2. The highest BCUT2D eigenvalue weighted by atomic mass is 79.9. The number of nitrogens with zero attached hydrogens (tertiary/aromatic N) is 1. The van der Waals surface area contributed by atoms with E-state index in [0.29, 0.717) is 5.69 Å². The van der Waals surface area contributed by atoms with Crippen molar-refractivity contribution in [1.82, 2.24) is 5.32 Å². The fourth-order valence-corrected chi connectivity index (χ4v) is 4.82. The van der Waals surface area contributed by atoms with Crippen LogP contribution in [0.25, 0.3) is 0 Å². The number of carbonyl (C=O) groups excluding carboxylic acids is 2. The van der Waals surface area contributed by atoms with Crippen LogP contribution in [0.1, 0.15) is 15.9 Å². The maximum atomic E-state index is 13.5. The van der Waals surface area contributed by atoms with Crippen molar-refractivity contribution in [3.8, 4) is 0 Å². The van der Waals surface area contributed by atoms with Crippen LogP contribution in [-0.2, 0) is 14.8 Å². The molecule has 176 valence electrons. The summed E-state index contributed by atoms with van der Waals surface area (Å²) in [6, 6.07) is 19.5. The van der Waals surface area contributed by atoms with Gasteiger partial charge in [-0.3, -0.25) is 13.9 Å². The van der Waals surface area contributed by atoms with Crippen LogP contribution in [-0.4, -0.2) is 33.3 Å². The Hall–Kier alpha value is -3.43. The van der Waals surface area contributed by atoms with Gasteiger partial charge in [0, 0.05) is 11.0 Å². The van der Waals surface area contributed by atoms with Crippen LogP contribution in [0.15, 0.2) is 94.8 Å². The number of anilines is 2. The number of sulfonamides is 1. The number of carbonyl (C=O) groups is 2. The third-order valence-corrected chi connectivity index (χ3v) is 7.18. The number of benzene rings is 3. The third-order valence-electron chi connectivity index (χ3n) is 4.86. The monoisotopic (exact) mass is 541 g/mol. The molecule has 0 saturated heterocycles. The summed E-state index contributed by atoms with van der Waals surface area (Å²) in [4.78, 5) is 25.5. The average molecular weight is 542 g/mol. The van der Waals surface area contributed by atoms with Crippen molar-refractivity contribution in [2.45, 2.75) is 11.8 Å². The quantitative estimate of drug-likeness (QED) is 0.389. The Labute approximate surface area is 207 Å². The van der Waals surface area contributed by atoms with Gasteiger partial charge in [0.2, 0.25) is 5.91 Å². The molecule has 2 amide bonds. The standard InChI is InChI=1S/C25H24BrN3O4S/c1-3-16-27-25(31)22-6-4-5-7-23(22)28-24(30)17-29(20-12-10-19(26)11-13-20)34(32,33)21-14-8-18(2)9-15-21/h3-15H,1,16-17H2,2H3,(H,27,31)(H,28,30). The smallest absolute Gasteiger partial charge is 0.264 e. The Kier molecular flexibility index (Phi) is 8.25. The molecule has 3 aromatic carbocycles.